The summed E-state index contributed by atoms with van der Waals surface area (Å²) in [5.74, 6) is -1.70. The zero-order valence-corrected chi connectivity index (χ0v) is 9.60. The lowest BCUT2D eigenvalue weighted by atomic mass is 10.4. The number of guanidine groups is 1. The number of aliphatic imine (C=N–C) groups is 1. The van der Waals surface area contributed by atoms with Crippen LogP contribution in [0.15, 0.2) is 16.2 Å². The zero-order valence-electron chi connectivity index (χ0n) is 8.78. The van der Waals surface area contributed by atoms with Crippen molar-refractivity contribution in [3.63, 3.8) is 0 Å². The van der Waals surface area contributed by atoms with E-state index < -0.39 is 27.4 Å². The molecular formula is C7H10N6O3S. The average Bonchev–Trinajstić information content (AvgIpc) is 2.15. The molecule has 6 N–H and O–H groups in total. The number of anilines is 1. The Balaban J connectivity index is 3.35. The van der Waals surface area contributed by atoms with E-state index in [2.05, 4.69) is 15.0 Å². The first-order chi connectivity index (χ1) is 7.71. The van der Waals surface area contributed by atoms with Crippen molar-refractivity contribution < 1.29 is 13.2 Å². The molecule has 1 rings (SSSR count). The Morgan fingerprint density at radius 1 is 1.41 bits per heavy atom. The number of sulfone groups is 1. The van der Waals surface area contributed by atoms with E-state index in [0.29, 0.717) is 0 Å². The van der Waals surface area contributed by atoms with E-state index >= 15 is 0 Å². The first-order valence-corrected chi connectivity index (χ1v) is 6.07. The first kappa shape index (κ1) is 12.8. The fourth-order valence-electron chi connectivity index (χ4n) is 0.888. The minimum Gasteiger partial charge on any atom is -0.382 e. The van der Waals surface area contributed by atoms with Crippen LogP contribution in [0.25, 0.3) is 0 Å². The van der Waals surface area contributed by atoms with Gasteiger partial charge >= 0.3 is 5.91 Å². The molecule has 1 amide bonds. The molecule has 0 spiro atoms. The highest BCUT2D eigenvalue weighted by molar-refractivity contribution is 7.90. The first-order valence-electron chi connectivity index (χ1n) is 4.18. The molecule has 1 heterocycles. The van der Waals surface area contributed by atoms with Gasteiger partial charge in [0.05, 0.1) is 6.20 Å². The minimum absolute atomic E-state index is 0.257. The number of nitrogens with zero attached hydrogens (tertiary/aromatic N) is 3. The van der Waals surface area contributed by atoms with Crippen LogP contribution in [0, 0.1) is 0 Å². The van der Waals surface area contributed by atoms with Crippen LogP contribution >= 0.6 is 0 Å². The summed E-state index contributed by atoms with van der Waals surface area (Å²) in [4.78, 5) is 21.7. The van der Waals surface area contributed by atoms with Gasteiger partial charge in [-0.05, 0) is 0 Å². The molecule has 0 aromatic carbocycles. The monoisotopic (exact) mass is 258 g/mol. The molecule has 0 aliphatic rings. The number of nitrogens with two attached hydrogens (primary N) is 3. The Hall–Kier alpha value is -2.23. The van der Waals surface area contributed by atoms with Gasteiger partial charge in [0, 0.05) is 6.26 Å². The maximum absolute atomic E-state index is 11.4. The lowest BCUT2D eigenvalue weighted by Gasteiger charge is -2.02. The second kappa shape index (κ2) is 4.33. The molecule has 1 aromatic heterocycles. The number of aromatic nitrogens is 2. The van der Waals surface area contributed by atoms with Crippen LogP contribution in [-0.2, 0) is 9.84 Å². The molecule has 0 radical (unpaired) electrons. The molecule has 0 bridgehead atoms. The van der Waals surface area contributed by atoms with Crippen molar-refractivity contribution in [1.29, 1.82) is 0 Å². The normalized spacial score (nSPS) is 10.9. The van der Waals surface area contributed by atoms with E-state index in [0.717, 1.165) is 12.5 Å². The van der Waals surface area contributed by atoms with Gasteiger partial charge in [-0.15, -0.1) is 0 Å². The Labute approximate surface area is 96.7 Å². The third kappa shape index (κ3) is 3.11. The van der Waals surface area contributed by atoms with E-state index in [-0.39, 0.29) is 10.8 Å². The summed E-state index contributed by atoms with van der Waals surface area (Å²) in [6.45, 7) is 0. The predicted octanol–water partition coefficient (Wildman–Crippen LogP) is -2.12. The standard InChI is InChI=1S/C7H10N6O3S/c1-17(15,16)3-2-11-5(8)4(12-3)6(14)13-7(9)10/h2H,1H3,(H2,8,11)(H4,9,10,13,14). The molecule has 17 heavy (non-hydrogen) atoms. The van der Waals surface area contributed by atoms with E-state index in [1.54, 1.807) is 0 Å². The summed E-state index contributed by atoms with van der Waals surface area (Å²) in [5, 5.41) is -0.388. The van der Waals surface area contributed by atoms with Crippen LogP contribution in [-0.4, -0.2) is 36.5 Å². The predicted molar refractivity (Wildman–Crippen MR) is 59.7 cm³/mol. The van der Waals surface area contributed by atoms with Gasteiger partial charge in [-0.3, -0.25) is 4.79 Å². The molecule has 10 heteroatoms. The van der Waals surface area contributed by atoms with Crippen molar-refractivity contribution in [2.45, 2.75) is 5.03 Å². The van der Waals surface area contributed by atoms with Gasteiger partial charge in [0.15, 0.2) is 32.3 Å². The summed E-state index contributed by atoms with van der Waals surface area (Å²) in [5.41, 5.74) is 15.0. The number of carbonyl (C=O) groups excluding carboxylic acids is 1. The molecule has 0 aliphatic carbocycles. The third-order valence-corrected chi connectivity index (χ3v) is 2.55. The Morgan fingerprint density at radius 3 is 2.47 bits per heavy atom. The van der Waals surface area contributed by atoms with E-state index in [1.807, 2.05) is 0 Å². The van der Waals surface area contributed by atoms with Gasteiger partial charge in [-0.25, -0.2) is 18.4 Å². The quantitative estimate of drug-likeness (QED) is 0.399. The van der Waals surface area contributed by atoms with Crippen LogP contribution in [0.5, 0.6) is 0 Å². The van der Waals surface area contributed by atoms with Crippen molar-refractivity contribution in [2.24, 2.45) is 16.5 Å². The lowest BCUT2D eigenvalue weighted by Crippen LogP contribution is -2.25. The van der Waals surface area contributed by atoms with Crippen molar-refractivity contribution >= 4 is 27.5 Å². The fourth-order valence-corrected chi connectivity index (χ4v) is 1.39. The molecule has 0 fully saturated rings. The third-order valence-electron chi connectivity index (χ3n) is 1.59. The fraction of sp³-hybridized carbons (Fsp3) is 0.143. The summed E-state index contributed by atoms with van der Waals surface area (Å²) in [6.07, 6.45) is 1.86. The lowest BCUT2D eigenvalue weighted by molar-refractivity contribution is 0.0998. The summed E-state index contributed by atoms with van der Waals surface area (Å²) in [7, 11) is -3.60. The van der Waals surface area contributed by atoms with Gasteiger partial charge < -0.3 is 17.2 Å². The molecular weight excluding hydrogens is 248 g/mol. The topological polar surface area (TPSA) is 167 Å². The van der Waals surface area contributed by atoms with Crippen LogP contribution in [0.1, 0.15) is 10.5 Å². The highest BCUT2D eigenvalue weighted by atomic mass is 32.2. The van der Waals surface area contributed by atoms with E-state index in [1.165, 1.54) is 0 Å². The molecule has 0 atom stereocenters. The van der Waals surface area contributed by atoms with Gasteiger partial charge in [-0.1, -0.05) is 0 Å². The van der Waals surface area contributed by atoms with E-state index in [4.69, 9.17) is 17.2 Å². The Kier molecular flexibility index (Phi) is 3.27. The van der Waals surface area contributed by atoms with Crippen LogP contribution < -0.4 is 17.2 Å². The van der Waals surface area contributed by atoms with E-state index in [9.17, 15) is 13.2 Å². The van der Waals surface area contributed by atoms with Crippen LogP contribution in [0.2, 0.25) is 0 Å². The number of hydrogen-bond donors (Lipinski definition) is 3. The highest BCUT2D eigenvalue weighted by Gasteiger charge is 2.17. The second-order valence-corrected chi connectivity index (χ2v) is 5.02. The van der Waals surface area contributed by atoms with Crippen molar-refractivity contribution in [1.82, 2.24) is 9.97 Å². The average molecular weight is 258 g/mol. The Bertz CT molecular complexity index is 590. The molecule has 92 valence electrons. The molecule has 9 nitrogen and oxygen atoms in total. The molecule has 0 aliphatic heterocycles. The molecule has 0 unspecified atom stereocenters. The number of amides is 1. The molecule has 1 aromatic rings. The van der Waals surface area contributed by atoms with Crippen LogP contribution in [0.4, 0.5) is 5.82 Å². The van der Waals surface area contributed by atoms with Gasteiger partial charge in [-0.2, -0.15) is 4.99 Å². The number of rotatable bonds is 2. The summed E-state index contributed by atoms with van der Waals surface area (Å²) >= 11 is 0. The summed E-state index contributed by atoms with van der Waals surface area (Å²) < 4.78 is 22.4. The maximum atomic E-state index is 11.4. The largest absolute Gasteiger partial charge is 0.382 e. The SMILES string of the molecule is CS(=O)(=O)c1cnc(N)c(C(=O)N=C(N)N)n1. The maximum Gasteiger partial charge on any atom is 0.302 e. The number of hydrogen-bond acceptors (Lipinski definition) is 6. The van der Waals surface area contributed by atoms with Gasteiger partial charge in [0.2, 0.25) is 0 Å². The van der Waals surface area contributed by atoms with Crippen molar-refractivity contribution in [3.8, 4) is 0 Å². The number of carbonyl (C=O) groups is 1. The van der Waals surface area contributed by atoms with Crippen molar-refractivity contribution in [2.75, 3.05) is 12.0 Å². The van der Waals surface area contributed by atoms with Gasteiger partial charge in [0.1, 0.15) is 0 Å². The zero-order chi connectivity index (χ0) is 13.2. The number of nitrogen functional groups attached to an aromatic ring is 1. The molecule has 0 saturated heterocycles. The minimum atomic E-state index is -3.60. The van der Waals surface area contributed by atoms with Gasteiger partial charge in [0.25, 0.3) is 0 Å². The second-order valence-electron chi connectivity index (χ2n) is 3.06. The Morgan fingerprint density at radius 2 is 2.00 bits per heavy atom. The van der Waals surface area contributed by atoms with Crippen molar-refractivity contribution in [3.05, 3.63) is 11.9 Å². The molecule has 0 saturated carbocycles. The van der Waals surface area contributed by atoms with Crippen LogP contribution in [0.3, 0.4) is 0 Å². The highest BCUT2D eigenvalue weighted by Crippen LogP contribution is 2.11. The smallest absolute Gasteiger partial charge is 0.302 e. The summed E-state index contributed by atoms with van der Waals surface area (Å²) in [6, 6.07) is 0.